The standard InChI is InChI=1S/C15H19NO/c17-15(8-13-5-6-14(9-15)16-13)12-4-3-10-1-2-11(10)7-12/h3-4,7,13-14,16-17H,1-2,5-6,8-9H2. The smallest absolute Gasteiger partial charge is 0.0926 e. The van der Waals surface area contributed by atoms with Crippen LogP contribution in [0, 0.1) is 0 Å². The second-order valence-corrected chi connectivity index (χ2v) is 6.06. The molecule has 1 aliphatic carbocycles. The van der Waals surface area contributed by atoms with Gasteiger partial charge in [0.15, 0.2) is 0 Å². The van der Waals surface area contributed by atoms with Gasteiger partial charge in [-0.2, -0.15) is 0 Å². The molecule has 1 aromatic carbocycles. The van der Waals surface area contributed by atoms with Crippen LogP contribution in [0.4, 0.5) is 0 Å². The third-order valence-electron chi connectivity index (χ3n) is 4.91. The molecule has 2 N–H and O–H groups in total. The van der Waals surface area contributed by atoms with Gasteiger partial charge in [0.2, 0.25) is 0 Å². The number of hydrogen-bond acceptors (Lipinski definition) is 2. The predicted molar refractivity (Wildman–Crippen MR) is 66.9 cm³/mol. The van der Waals surface area contributed by atoms with E-state index < -0.39 is 5.60 Å². The molecule has 2 unspecified atom stereocenters. The fourth-order valence-corrected chi connectivity index (χ4v) is 3.84. The van der Waals surface area contributed by atoms with Crippen molar-refractivity contribution in [2.24, 2.45) is 0 Å². The highest BCUT2D eigenvalue weighted by atomic mass is 16.3. The minimum atomic E-state index is -0.568. The Hall–Kier alpha value is -0.860. The van der Waals surface area contributed by atoms with Crippen molar-refractivity contribution in [1.29, 1.82) is 0 Å². The average Bonchev–Trinajstić information content (AvgIpc) is 2.60. The number of fused-ring (bicyclic) bond motifs is 3. The first-order valence-electron chi connectivity index (χ1n) is 6.84. The van der Waals surface area contributed by atoms with Crippen molar-refractivity contribution in [3.63, 3.8) is 0 Å². The molecule has 4 rings (SSSR count). The maximum Gasteiger partial charge on any atom is 0.0926 e. The molecule has 0 radical (unpaired) electrons. The van der Waals surface area contributed by atoms with Crippen LogP contribution in [0.5, 0.6) is 0 Å². The second-order valence-electron chi connectivity index (χ2n) is 6.06. The van der Waals surface area contributed by atoms with Gasteiger partial charge in [0.1, 0.15) is 0 Å². The molecule has 0 spiro atoms. The fraction of sp³-hybridized carbons (Fsp3) is 0.600. The number of aryl methyl sites for hydroxylation is 2. The Morgan fingerprint density at radius 2 is 1.76 bits per heavy atom. The third-order valence-corrected chi connectivity index (χ3v) is 4.91. The van der Waals surface area contributed by atoms with E-state index in [1.165, 1.54) is 36.8 Å². The number of rotatable bonds is 1. The Balaban J connectivity index is 1.70. The summed E-state index contributed by atoms with van der Waals surface area (Å²) in [5, 5.41) is 14.5. The van der Waals surface area contributed by atoms with Crippen LogP contribution in [-0.2, 0) is 18.4 Å². The van der Waals surface area contributed by atoms with Gasteiger partial charge in [0, 0.05) is 12.1 Å². The van der Waals surface area contributed by atoms with E-state index in [1.54, 1.807) is 0 Å². The summed E-state index contributed by atoms with van der Waals surface area (Å²) >= 11 is 0. The fourth-order valence-electron chi connectivity index (χ4n) is 3.84. The van der Waals surface area contributed by atoms with Crippen molar-refractivity contribution in [3.8, 4) is 0 Å². The Bertz CT molecular complexity index is 456. The largest absolute Gasteiger partial charge is 0.385 e. The van der Waals surface area contributed by atoms with Crippen molar-refractivity contribution >= 4 is 0 Å². The molecule has 2 heteroatoms. The lowest BCUT2D eigenvalue weighted by Crippen LogP contribution is -2.46. The van der Waals surface area contributed by atoms with Crippen molar-refractivity contribution in [1.82, 2.24) is 5.32 Å². The molecule has 0 aromatic heterocycles. The summed E-state index contributed by atoms with van der Waals surface area (Å²) in [6.45, 7) is 0. The molecule has 2 atom stereocenters. The van der Waals surface area contributed by atoms with Gasteiger partial charge in [-0.05, 0) is 55.2 Å². The number of benzene rings is 1. The van der Waals surface area contributed by atoms with Gasteiger partial charge < -0.3 is 10.4 Å². The maximum absolute atomic E-state index is 10.9. The van der Waals surface area contributed by atoms with Crippen LogP contribution in [0.1, 0.15) is 42.4 Å². The molecule has 3 aliphatic rings. The SMILES string of the molecule is OC1(c2ccc3c(c2)CC3)CC2CCC(C1)N2. The van der Waals surface area contributed by atoms with E-state index in [0.29, 0.717) is 12.1 Å². The van der Waals surface area contributed by atoms with Crippen LogP contribution in [0.3, 0.4) is 0 Å². The van der Waals surface area contributed by atoms with Crippen molar-refractivity contribution in [2.75, 3.05) is 0 Å². The number of aliphatic hydroxyl groups is 1. The average molecular weight is 229 g/mol. The van der Waals surface area contributed by atoms with Gasteiger partial charge in [0.05, 0.1) is 5.60 Å². The van der Waals surface area contributed by atoms with Crippen molar-refractivity contribution in [2.45, 2.75) is 56.2 Å². The lowest BCUT2D eigenvalue weighted by molar-refractivity contribution is -0.0115. The van der Waals surface area contributed by atoms with E-state index >= 15 is 0 Å². The molecule has 2 bridgehead atoms. The van der Waals surface area contributed by atoms with Gasteiger partial charge in [-0.25, -0.2) is 0 Å². The van der Waals surface area contributed by atoms with Gasteiger partial charge in [0.25, 0.3) is 0 Å². The summed E-state index contributed by atoms with van der Waals surface area (Å²) in [5.41, 5.74) is 3.53. The monoisotopic (exact) mass is 229 g/mol. The Kier molecular flexibility index (Phi) is 1.98. The van der Waals surface area contributed by atoms with E-state index in [9.17, 15) is 5.11 Å². The molecular weight excluding hydrogens is 210 g/mol. The first-order valence-corrected chi connectivity index (χ1v) is 6.84. The van der Waals surface area contributed by atoms with Crippen LogP contribution in [0.2, 0.25) is 0 Å². The van der Waals surface area contributed by atoms with Crippen LogP contribution >= 0.6 is 0 Å². The maximum atomic E-state index is 10.9. The zero-order valence-corrected chi connectivity index (χ0v) is 10.1. The summed E-state index contributed by atoms with van der Waals surface area (Å²) in [7, 11) is 0. The molecular formula is C15H19NO. The molecule has 17 heavy (non-hydrogen) atoms. The van der Waals surface area contributed by atoms with Gasteiger partial charge >= 0.3 is 0 Å². The Morgan fingerprint density at radius 1 is 1.06 bits per heavy atom. The molecule has 2 nitrogen and oxygen atoms in total. The van der Waals surface area contributed by atoms with Crippen LogP contribution in [0.25, 0.3) is 0 Å². The highest BCUT2D eigenvalue weighted by Gasteiger charge is 2.43. The van der Waals surface area contributed by atoms with E-state index in [1.807, 2.05) is 0 Å². The van der Waals surface area contributed by atoms with Crippen LogP contribution in [0.15, 0.2) is 18.2 Å². The minimum Gasteiger partial charge on any atom is -0.385 e. The lowest BCUT2D eigenvalue weighted by atomic mass is 9.78. The van der Waals surface area contributed by atoms with Crippen molar-refractivity contribution < 1.29 is 5.11 Å². The summed E-state index contributed by atoms with van der Waals surface area (Å²) in [6, 6.07) is 7.69. The minimum absolute atomic E-state index is 0.532. The quantitative estimate of drug-likeness (QED) is 0.770. The van der Waals surface area contributed by atoms with Crippen LogP contribution < -0.4 is 5.32 Å². The van der Waals surface area contributed by atoms with Gasteiger partial charge in [-0.3, -0.25) is 0 Å². The highest BCUT2D eigenvalue weighted by Crippen LogP contribution is 2.41. The molecule has 1 aromatic rings. The van der Waals surface area contributed by atoms with Gasteiger partial charge in [-0.15, -0.1) is 0 Å². The normalized spacial score (nSPS) is 38.6. The summed E-state index contributed by atoms with van der Waals surface area (Å²) in [4.78, 5) is 0. The molecule has 90 valence electrons. The molecule has 2 saturated heterocycles. The number of hydrogen-bond donors (Lipinski definition) is 2. The summed E-state index contributed by atoms with van der Waals surface area (Å²) in [5.74, 6) is 0. The van der Waals surface area contributed by atoms with E-state index in [-0.39, 0.29) is 0 Å². The number of nitrogens with one attached hydrogen (secondary N) is 1. The lowest BCUT2D eigenvalue weighted by Gasteiger charge is -2.38. The van der Waals surface area contributed by atoms with Crippen LogP contribution in [-0.4, -0.2) is 17.2 Å². The zero-order chi connectivity index (χ0) is 11.5. The van der Waals surface area contributed by atoms with E-state index in [4.69, 9.17) is 0 Å². The topological polar surface area (TPSA) is 32.3 Å². The third kappa shape index (κ3) is 1.47. The predicted octanol–water partition coefficient (Wildman–Crippen LogP) is 1.89. The Labute approximate surface area is 102 Å². The van der Waals surface area contributed by atoms with E-state index in [0.717, 1.165) is 18.4 Å². The first-order chi connectivity index (χ1) is 8.23. The second kappa shape index (κ2) is 3.33. The molecule has 0 saturated carbocycles. The highest BCUT2D eigenvalue weighted by molar-refractivity contribution is 5.41. The number of piperidine rings is 1. The first kappa shape index (κ1) is 10.1. The van der Waals surface area contributed by atoms with E-state index in [2.05, 4.69) is 23.5 Å². The molecule has 2 aliphatic heterocycles. The molecule has 2 heterocycles. The summed E-state index contributed by atoms with van der Waals surface area (Å²) < 4.78 is 0. The van der Waals surface area contributed by atoms with Crippen molar-refractivity contribution in [3.05, 3.63) is 34.9 Å². The molecule has 0 amide bonds. The van der Waals surface area contributed by atoms with Gasteiger partial charge in [-0.1, -0.05) is 18.2 Å². The summed E-state index contributed by atoms with van der Waals surface area (Å²) in [6.07, 6.45) is 6.67. The Morgan fingerprint density at radius 3 is 2.35 bits per heavy atom. The zero-order valence-electron chi connectivity index (χ0n) is 10.1. The molecule has 2 fully saturated rings.